The van der Waals surface area contributed by atoms with Crippen LogP contribution in [0.15, 0.2) is 29.2 Å². The molecule has 20 heavy (non-hydrogen) atoms. The van der Waals surface area contributed by atoms with Gasteiger partial charge in [0.25, 0.3) is 0 Å². The van der Waals surface area contributed by atoms with Gasteiger partial charge >= 0.3 is 0 Å². The Balaban J connectivity index is 1.75. The van der Waals surface area contributed by atoms with Crippen molar-refractivity contribution in [1.29, 1.82) is 0 Å². The van der Waals surface area contributed by atoms with Gasteiger partial charge in [-0.25, -0.2) is 8.42 Å². The van der Waals surface area contributed by atoms with E-state index in [0.29, 0.717) is 10.9 Å². The highest BCUT2D eigenvalue weighted by molar-refractivity contribution is 7.89. The van der Waals surface area contributed by atoms with Gasteiger partial charge in [-0.05, 0) is 43.4 Å². The number of nitrogens with one attached hydrogen (secondary N) is 1. The topological polar surface area (TPSA) is 49.4 Å². The molecule has 0 spiro atoms. The van der Waals surface area contributed by atoms with Crippen LogP contribution in [0.5, 0.6) is 0 Å². The molecule has 0 saturated heterocycles. The minimum atomic E-state index is -3.34. The zero-order valence-electron chi connectivity index (χ0n) is 11.9. The van der Waals surface area contributed by atoms with Crippen LogP contribution in [0.1, 0.15) is 37.7 Å². The summed E-state index contributed by atoms with van der Waals surface area (Å²) in [6.45, 7) is 0.751. The lowest BCUT2D eigenvalue weighted by molar-refractivity contribution is 0.249. The third kappa shape index (κ3) is 2.90. The van der Waals surface area contributed by atoms with Gasteiger partial charge in [-0.2, -0.15) is 4.31 Å². The van der Waals surface area contributed by atoms with Gasteiger partial charge in [0.05, 0.1) is 4.90 Å². The van der Waals surface area contributed by atoms with Crippen molar-refractivity contribution in [3.8, 4) is 0 Å². The monoisotopic (exact) mass is 294 g/mol. The van der Waals surface area contributed by atoms with Crippen LogP contribution in [0.25, 0.3) is 0 Å². The predicted octanol–water partition coefficient (Wildman–Crippen LogP) is 2.11. The summed E-state index contributed by atoms with van der Waals surface area (Å²) < 4.78 is 26.7. The first-order valence-corrected chi connectivity index (χ1v) is 8.82. The number of sulfonamides is 1. The van der Waals surface area contributed by atoms with E-state index in [0.717, 1.165) is 31.4 Å². The van der Waals surface area contributed by atoms with Gasteiger partial charge in [-0.3, -0.25) is 0 Å². The summed E-state index contributed by atoms with van der Waals surface area (Å²) in [5.41, 5.74) is 1.04. The fourth-order valence-corrected chi connectivity index (χ4v) is 3.97. The highest BCUT2D eigenvalue weighted by Crippen LogP contribution is 2.28. The Kier molecular flexibility index (Phi) is 3.84. The second-order valence-electron chi connectivity index (χ2n) is 5.91. The molecule has 2 aliphatic rings. The summed E-state index contributed by atoms with van der Waals surface area (Å²) >= 11 is 0. The molecule has 1 N–H and O–H groups in total. The van der Waals surface area contributed by atoms with Crippen molar-refractivity contribution in [2.45, 2.75) is 55.6 Å². The summed E-state index contributed by atoms with van der Waals surface area (Å²) in [5, 5.41) is 3.42. The number of hydrogen-bond acceptors (Lipinski definition) is 3. The molecule has 0 radical (unpaired) electrons. The van der Waals surface area contributed by atoms with Gasteiger partial charge < -0.3 is 5.32 Å². The Labute approximate surface area is 121 Å². The molecule has 2 saturated carbocycles. The van der Waals surface area contributed by atoms with Crippen LogP contribution in [-0.4, -0.2) is 31.9 Å². The van der Waals surface area contributed by atoms with E-state index in [4.69, 9.17) is 0 Å². The Morgan fingerprint density at radius 3 is 2.60 bits per heavy atom. The van der Waals surface area contributed by atoms with Crippen molar-refractivity contribution >= 4 is 10.0 Å². The van der Waals surface area contributed by atoms with Crippen LogP contribution in [0, 0.1) is 0 Å². The third-order valence-electron chi connectivity index (χ3n) is 4.34. The molecule has 0 bridgehead atoms. The number of nitrogens with zero attached hydrogens (tertiary/aromatic N) is 1. The molecule has 0 atom stereocenters. The maximum Gasteiger partial charge on any atom is 0.243 e. The maximum absolute atomic E-state index is 12.6. The van der Waals surface area contributed by atoms with E-state index in [1.807, 2.05) is 12.1 Å². The summed E-state index contributed by atoms with van der Waals surface area (Å²) in [6, 6.07) is 8.15. The van der Waals surface area contributed by atoms with Gasteiger partial charge in [-0.1, -0.05) is 18.6 Å². The van der Waals surface area contributed by atoms with Crippen molar-refractivity contribution in [3.63, 3.8) is 0 Å². The molecule has 2 fully saturated rings. The lowest BCUT2D eigenvalue weighted by Crippen LogP contribution is -2.41. The van der Waals surface area contributed by atoms with Crippen molar-refractivity contribution in [3.05, 3.63) is 29.8 Å². The summed E-state index contributed by atoms with van der Waals surface area (Å²) in [7, 11) is -1.64. The minimum Gasteiger partial charge on any atom is -0.310 e. The fraction of sp³-hybridized carbons (Fsp3) is 0.600. The van der Waals surface area contributed by atoms with E-state index >= 15 is 0 Å². The third-order valence-corrected chi connectivity index (χ3v) is 6.24. The Bertz CT molecular complexity index is 577. The van der Waals surface area contributed by atoms with Crippen molar-refractivity contribution in [2.75, 3.05) is 7.05 Å². The molecule has 0 amide bonds. The van der Waals surface area contributed by atoms with E-state index in [2.05, 4.69) is 5.32 Å². The molecule has 4 nitrogen and oxygen atoms in total. The molecule has 3 rings (SSSR count). The number of benzene rings is 1. The lowest BCUT2D eigenvalue weighted by Gasteiger charge is -2.33. The molecule has 5 heteroatoms. The van der Waals surface area contributed by atoms with Crippen LogP contribution in [0.2, 0.25) is 0 Å². The van der Waals surface area contributed by atoms with Gasteiger partial charge in [0, 0.05) is 25.7 Å². The van der Waals surface area contributed by atoms with Crippen molar-refractivity contribution in [1.82, 2.24) is 9.62 Å². The smallest absolute Gasteiger partial charge is 0.243 e. The molecule has 0 aliphatic heterocycles. The van der Waals surface area contributed by atoms with Crippen LogP contribution in [0.4, 0.5) is 0 Å². The van der Waals surface area contributed by atoms with Gasteiger partial charge in [0.15, 0.2) is 0 Å². The van der Waals surface area contributed by atoms with E-state index in [-0.39, 0.29) is 6.04 Å². The normalized spacial score (nSPS) is 20.1. The minimum absolute atomic E-state index is 0.188. The van der Waals surface area contributed by atoms with Crippen LogP contribution in [0.3, 0.4) is 0 Å². The molecule has 1 aromatic rings. The second-order valence-corrected chi connectivity index (χ2v) is 7.91. The Hall–Kier alpha value is -0.910. The van der Waals surface area contributed by atoms with Gasteiger partial charge in [0.2, 0.25) is 10.0 Å². The van der Waals surface area contributed by atoms with Crippen LogP contribution >= 0.6 is 0 Å². The lowest BCUT2D eigenvalue weighted by atomic mass is 9.94. The summed E-state index contributed by atoms with van der Waals surface area (Å²) in [5.74, 6) is 0. The summed E-state index contributed by atoms with van der Waals surface area (Å²) in [4.78, 5) is 0.419. The standard InChI is InChI=1S/C15H22N2O2S/c1-17(14-5-3-6-14)20(18,19)15-7-2-4-12(10-15)11-16-13-8-9-13/h2,4,7,10,13-14,16H,3,5-6,8-9,11H2,1H3. The maximum atomic E-state index is 12.6. The van der Waals surface area contributed by atoms with E-state index in [9.17, 15) is 8.42 Å². The molecule has 0 heterocycles. The summed E-state index contributed by atoms with van der Waals surface area (Å²) in [6.07, 6.45) is 5.58. The number of rotatable bonds is 6. The highest BCUT2D eigenvalue weighted by Gasteiger charge is 2.31. The fourth-order valence-electron chi connectivity index (χ4n) is 2.48. The molecule has 0 aromatic heterocycles. The van der Waals surface area contributed by atoms with Crippen molar-refractivity contribution < 1.29 is 8.42 Å². The molecule has 0 unspecified atom stereocenters. The quantitative estimate of drug-likeness (QED) is 0.874. The zero-order chi connectivity index (χ0) is 14.2. The predicted molar refractivity (Wildman–Crippen MR) is 78.9 cm³/mol. The molecular weight excluding hydrogens is 272 g/mol. The Morgan fingerprint density at radius 2 is 2.00 bits per heavy atom. The molecule has 2 aliphatic carbocycles. The van der Waals surface area contributed by atoms with E-state index in [1.54, 1.807) is 23.5 Å². The largest absolute Gasteiger partial charge is 0.310 e. The first kappa shape index (κ1) is 14.0. The molecule has 1 aromatic carbocycles. The average molecular weight is 294 g/mol. The van der Waals surface area contributed by atoms with Gasteiger partial charge in [0.1, 0.15) is 0 Å². The van der Waals surface area contributed by atoms with Crippen LogP contribution < -0.4 is 5.32 Å². The first-order chi connectivity index (χ1) is 9.57. The highest BCUT2D eigenvalue weighted by atomic mass is 32.2. The molecule has 110 valence electrons. The average Bonchev–Trinajstić information content (AvgIpc) is 3.18. The van der Waals surface area contributed by atoms with Gasteiger partial charge in [-0.15, -0.1) is 0 Å². The SMILES string of the molecule is CN(C1CCC1)S(=O)(=O)c1cccc(CNC2CC2)c1. The second kappa shape index (κ2) is 5.47. The van der Waals surface area contributed by atoms with Crippen LogP contribution in [-0.2, 0) is 16.6 Å². The van der Waals surface area contributed by atoms with Crippen molar-refractivity contribution in [2.24, 2.45) is 0 Å². The first-order valence-electron chi connectivity index (χ1n) is 7.38. The zero-order valence-corrected chi connectivity index (χ0v) is 12.7. The Morgan fingerprint density at radius 1 is 1.25 bits per heavy atom. The van der Waals surface area contributed by atoms with E-state index in [1.165, 1.54) is 12.8 Å². The number of hydrogen-bond donors (Lipinski definition) is 1. The molecular formula is C15H22N2O2S. The van der Waals surface area contributed by atoms with E-state index < -0.39 is 10.0 Å².